The van der Waals surface area contributed by atoms with Crippen LogP contribution in [0.5, 0.6) is 28.7 Å². The molecule has 0 spiro atoms. The maximum atomic E-state index is 12.7. The number of carbonyl (C=O) groups is 5. The smallest absolute Gasteiger partial charge is 0.422 e. The second-order valence-electron chi connectivity index (χ2n) is 34.3. The molecule has 39 nitrogen and oxygen atoms in total. The summed E-state index contributed by atoms with van der Waals surface area (Å²) in [5.41, 5.74) is 10.7. The third-order valence-corrected chi connectivity index (χ3v) is 21.7. The van der Waals surface area contributed by atoms with Crippen LogP contribution in [0.15, 0.2) is 183 Å². The number of hydrogen-bond donors (Lipinski definition) is 9. The van der Waals surface area contributed by atoms with Crippen LogP contribution in [0.2, 0.25) is 0 Å². The zero-order valence-electron chi connectivity index (χ0n) is 83.8. The van der Waals surface area contributed by atoms with Crippen LogP contribution in [0.1, 0.15) is 142 Å². The molecule has 0 saturated carbocycles. The lowest BCUT2D eigenvalue weighted by Crippen LogP contribution is -2.38. The summed E-state index contributed by atoms with van der Waals surface area (Å²) in [5.74, 6) is 0.335. The van der Waals surface area contributed by atoms with Gasteiger partial charge in [0.25, 0.3) is 29.5 Å². The number of fused-ring (bicyclic) bond motifs is 5. The van der Waals surface area contributed by atoms with Gasteiger partial charge in [-0.05, 0) is 246 Å². The summed E-state index contributed by atoms with van der Waals surface area (Å²) in [6.07, 6.45) is -3.63. The van der Waals surface area contributed by atoms with Gasteiger partial charge in [0.2, 0.25) is 29.7 Å². The molecule has 10 heterocycles. The number of rotatable bonds is 37. The fraction of sp³-hybridized carbons (Fsp3) is 0.343. The zero-order chi connectivity index (χ0) is 108. The molecule has 0 aliphatic heterocycles. The van der Waals surface area contributed by atoms with Crippen LogP contribution in [0.3, 0.4) is 0 Å². The minimum absolute atomic E-state index is 0.00788. The van der Waals surface area contributed by atoms with Crippen LogP contribution in [0, 0.1) is 34.6 Å². The quantitative estimate of drug-likeness (QED) is 0.0129. The minimum Gasteiger partial charge on any atom is -0.492 e. The van der Waals surface area contributed by atoms with Crippen LogP contribution < -0.4 is 66.2 Å². The first-order valence-electron chi connectivity index (χ1n) is 46.4. The fourth-order valence-electron chi connectivity index (χ4n) is 13.7. The number of hydrogen-bond acceptors (Lipinski definition) is 29. The number of nitrogens with zero attached hydrogens (tertiary/aromatic N) is 17. The average Bonchev–Trinajstić information content (AvgIpc) is 1.64. The van der Waals surface area contributed by atoms with E-state index < -0.39 is 71.3 Å². The molecule has 0 aliphatic rings. The number of amides is 5. The van der Waals surface area contributed by atoms with E-state index in [9.17, 15) is 77.0 Å². The first kappa shape index (κ1) is 112. The van der Waals surface area contributed by atoms with E-state index in [0.29, 0.717) is 126 Å². The number of methoxy groups -OCH3 is 1. The number of alkyl halides is 9. The van der Waals surface area contributed by atoms with Gasteiger partial charge in [0.1, 0.15) is 51.7 Å². The Bertz CT molecular complexity index is 7090. The predicted octanol–water partition coefficient (Wildman–Crippen LogP) is 16.5. The van der Waals surface area contributed by atoms with Crippen molar-refractivity contribution in [2.75, 3.05) is 125 Å². The molecule has 0 radical (unpaired) electrons. The average molecular weight is 2080 g/mol. The minimum atomic E-state index is -4.68. The van der Waals surface area contributed by atoms with Crippen molar-refractivity contribution < 1.29 is 105 Å². The lowest BCUT2D eigenvalue weighted by molar-refractivity contribution is -0.154. The van der Waals surface area contributed by atoms with Gasteiger partial charge in [-0.3, -0.25) is 24.0 Å². The number of sulfone groups is 1. The van der Waals surface area contributed by atoms with E-state index in [4.69, 9.17) is 28.4 Å². The Labute approximate surface area is 844 Å². The molecule has 0 saturated heterocycles. The van der Waals surface area contributed by atoms with Crippen molar-refractivity contribution in [3.63, 3.8) is 0 Å². The number of anilines is 10. The van der Waals surface area contributed by atoms with Gasteiger partial charge in [-0.25, -0.2) is 31.0 Å². The highest BCUT2D eigenvalue weighted by molar-refractivity contribution is 7.90. The number of ether oxygens (including phenoxy) is 6. The van der Waals surface area contributed by atoms with Crippen LogP contribution in [-0.2, 0) is 14.6 Å². The molecule has 148 heavy (non-hydrogen) atoms. The predicted molar refractivity (Wildman–Crippen MR) is 538 cm³/mol. The second-order valence-corrected chi connectivity index (χ2v) is 36.5. The van der Waals surface area contributed by atoms with E-state index >= 15 is 0 Å². The Morgan fingerprint density at radius 2 is 0.669 bits per heavy atom. The molecule has 788 valence electrons. The third-order valence-electron chi connectivity index (χ3n) is 20.8. The molecular weight excluding hydrogens is 1970 g/mol. The van der Waals surface area contributed by atoms with E-state index in [0.717, 1.165) is 63.2 Å². The van der Waals surface area contributed by atoms with E-state index in [1.54, 1.807) is 109 Å². The number of aryl methyl sites for hydroxylation is 5. The topological polar surface area (TPSA) is 449 Å². The molecule has 0 fully saturated rings. The van der Waals surface area contributed by atoms with E-state index in [2.05, 4.69) is 87.6 Å². The van der Waals surface area contributed by atoms with E-state index in [-0.39, 0.29) is 82.8 Å². The van der Waals surface area contributed by atoms with Crippen molar-refractivity contribution in [1.82, 2.24) is 98.7 Å². The Morgan fingerprint density at radius 3 is 0.953 bits per heavy atom. The van der Waals surface area contributed by atoms with Crippen molar-refractivity contribution in [1.29, 1.82) is 0 Å². The van der Waals surface area contributed by atoms with Gasteiger partial charge in [0.05, 0.1) is 59.1 Å². The van der Waals surface area contributed by atoms with Crippen LogP contribution in [0.4, 0.5) is 97.7 Å². The third kappa shape index (κ3) is 33.7. The summed E-state index contributed by atoms with van der Waals surface area (Å²) in [6, 6.07) is 41.7. The lowest BCUT2D eigenvalue weighted by Gasteiger charge is -2.20. The van der Waals surface area contributed by atoms with Gasteiger partial charge in [0.15, 0.2) is 41.4 Å². The highest BCUT2D eigenvalue weighted by atomic mass is 32.2. The summed E-state index contributed by atoms with van der Waals surface area (Å²) in [7, 11) is -1.52. The number of pyridine rings is 5. The van der Waals surface area contributed by atoms with Crippen LogP contribution in [0.25, 0.3) is 28.2 Å². The lowest BCUT2D eigenvalue weighted by atomic mass is 10.1. The second kappa shape index (κ2) is 50.1. The molecule has 0 bridgehead atoms. The van der Waals surface area contributed by atoms with E-state index in [1.807, 2.05) is 156 Å². The van der Waals surface area contributed by atoms with Crippen LogP contribution in [-0.4, -0.2) is 254 Å². The monoisotopic (exact) mass is 2080 g/mol. The normalized spacial score (nSPS) is 11.5. The molecule has 5 aromatic carbocycles. The van der Waals surface area contributed by atoms with Crippen molar-refractivity contribution in [3.8, 4) is 28.7 Å². The molecule has 0 aliphatic carbocycles. The maximum Gasteiger partial charge on any atom is 0.422 e. The molecule has 15 rings (SSSR count). The van der Waals surface area contributed by atoms with Gasteiger partial charge >= 0.3 is 18.5 Å². The summed E-state index contributed by atoms with van der Waals surface area (Å²) in [6.45, 7) is 25.4. The van der Waals surface area contributed by atoms with Gasteiger partial charge in [-0.1, -0.05) is 30.3 Å². The van der Waals surface area contributed by atoms with Gasteiger partial charge < -0.3 is 85.9 Å². The van der Waals surface area contributed by atoms with Gasteiger partial charge in [0, 0.05) is 111 Å². The number of aliphatic hydroxyl groups is 1. The molecular formula is C99H114F9N25O14S. The number of nitrogens with one attached hydrogen (secondary N) is 8. The number of benzene rings is 5. The van der Waals surface area contributed by atoms with Crippen molar-refractivity contribution in [2.45, 2.75) is 127 Å². The summed E-state index contributed by atoms with van der Waals surface area (Å²) < 4.78 is 176. The van der Waals surface area contributed by atoms with E-state index in [1.165, 1.54) is 47.1 Å². The largest absolute Gasteiger partial charge is 0.492 e. The molecule has 15 aromatic rings. The molecule has 5 amide bonds. The molecule has 10 aromatic heterocycles. The number of halogens is 9. The van der Waals surface area contributed by atoms with Crippen LogP contribution >= 0.6 is 0 Å². The first-order chi connectivity index (χ1) is 70.0. The Balaban J connectivity index is 0.000000176. The maximum absolute atomic E-state index is 12.7. The Kier molecular flexibility index (Phi) is 37.9. The Hall–Kier alpha value is -16.2. The molecule has 49 heteroatoms. The standard InChI is InChI=1S/C21H27N5O3.C21H27N5O2.C20H22F3N5O3.C19H23N5O4S.C18H15F6N5O2/c1-5-25(6-2)20(27)16-8-9-17(18(13-16)29-12-11-28-4)22-21-23-19-10-7-15(3)14-26(19)24-21;1-6-25(7-2)20(27)16-9-10-17(18(12-16)28-14(3)4)22-21-23-19-11-8-15(5)13-26(19)24-21;1-12-4-7-16-26-18(27-28(16)9-12)25-14-6-5-13(17(29)24-10-19(2,3)30)8-15(14)31-11-20(21,22)23;1-4-28-16-11-14(18(25)20-9-10-29(3,26)27)6-7-15(16)21-19-22-17-8-5-13(2)12-24(17)23-19;1-10-2-5-14-27-16(28-29(14)7-10)26-12-4-3-11(15(30)25-8-17(19,20)21)6-13(12)31-9-18(22,23)24/h7-10,13-14H,5-6,11-12H2,1-4H3,(H,22,24);8-14H,6-7H2,1-5H3,(H,22,24);4-9,30H,10-11H2,1-3H3,(H,24,29)(H,25,27);5-8,11-12H,4,9-10H2,1-3H3,(H,20,25)(H,21,23);2-7H,8-9H2,1H3,(H,25,30)(H,26,28). The first-order valence-corrected chi connectivity index (χ1v) is 48.5. The van der Waals surface area contributed by atoms with Gasteiger partial charge in [-0.15, -0.1) is 25.5 Å². The SMILES string of the molecule is CCN(CC)C(=O)c1ccc(Nc2nc3ccc(C)cn3n2)c(OC(C)C)c1.CCN(CC)C(=O)c1ccc(Nc2nc3ccc(C)cn3n2)c(OCCOC)c1.CCOc1cc(C(=O)NCCS(C)(=O)=O)ccc1Nc1nc2ccc(C)cn2n1.Cc1ccc2nc(Nc3ccc(C(=O)NCC(C)(C)O)cc3OCC(F)(F)F)nn2c1.Cc1ccc2nc(Nc3ccc(C(=O)NCC(F)(F)F)cc3OCC(F)(F)F)nn2c1. The highest BCUT2D eigenvalue weighted by Gasteiger charge is 2.33. The summed E-state index contributed by atoms with van der Waals surface area (Å²) in [4.78, 5) is 87.3. The summed E-state index contributed by atoms with van der Waals surface area (Å²) >= 11 is 0. The van der Waals surface area contributed by atoms with Gasteiger partial charge in [-0.2, -0.15) is 64.4 Å². The van der Waals surface area contributed by atoms with Crippen molar-refractivity contribution in [3.05, 3.63) is 238 Å². The highest BCUT2D eigenvalue weighted by Crippen LogP contribution is 2.37. The molecule has 0 atom stereocenters. The Morgan fingerprint density at radius 1 is 0.385 bits per heavy atom. The van der Waals surface area contributed by atoms with Crippen molar-refractivity contribution in [2.24, 2.45) is 0 Å². The fourth-order valence-corrected chi connectivity index (χ4v) is 14.1. The zero-order valence-corrected chi connectivity index (χ0v) is 84.6. The van der Waals surface area contributed by atoms with Crippen molar-refractivity contribution >= 4 is 126 Å². The summed E-state index contributed by atoms with van der Waals surface area (Å²) in [5, 5.41) is 53.2. The molecule has 9 N–H and O–H groups in total. The molecule has 0 unspecified atom stereocenters. The number of carbonyl (C=O) groups excluding carboxylic acids is 5. The number of aromatic nitrogens is 15.